The average Bonchev–Trinajstić information content (AvgIpc) is 2.89. The van der Waals surface area contributed by atoms with Crippen molar-refractivity contribution in [3.63, 3.8) is 0 Å². The summed E-state index contributed by atoms with van der Waals surface area (Å²) < 4.78 is 86.5. The summed E-state index contributed by atoms with van der Waals surface area (Å²) in [7, 11) is -3.64. The van der Waals surface area contributed by atoms with Crippen LogP contribution in [0.3, 0.4) is 0 Å². The Hall–Kier alpha value is -2.68. The van der Waals surface area contributed by atoms with Crippen molar-refractivity contribution in [1.29, 1.82) is 0 Å². The summed E-state index contributed by atoms with van der Waals surface area (Å²) in [6, 6.07) is 18.2. The van der Waals surface area contributed by atoms with Gasteiger partial charge in [0.15, 0.2) is 0 Å². The molecule has 0 unspecified atom stereocenters. The predicted molar refractivity (Wildman–Crippen MR) is 155 cm³/mol. The number of phenolic OH excluding ortho intramolecular Hbond substituents is 1. The van der Waals surface area contributed by atoms with Gasteiger partial charge in [0.2, 0.25) is 0 Å². The summed E-state index contributed by atoms with van der Waals surface area (Å²) in [4.78, 5) is 0. The molecule has 9 heteroatoms. The predicted octanol–water partition coefficient (Wildman–Crippen LogP) is 9.58. The fraction of sp³-hybridized carbons (Fsp3) is 0.500. The van der Waals surface area contributed by atoms with Crippen LogP contribution in [0.2, 0.25) is 0 Å². The Bertz CT molecular complexity index is 1370. The van der Waals surface area contributed by atoms with Crippen LogP contribution in [0.5, 0.6) is 5.75 Å². The van der Waals surface area contributed by atoms with Gasteiger partial charge in [-0.2, -0.15) is 22.0 Å². The summed E-state index contributed by atoms with van der Waals surface area (Å²) in [5.41, 5.74) is 4.85. The number of alkyl halides is 5. The lowest BCUT2D eigenvalue weighted by molar-refractivity contribution is -0.284. The van der Waals surface area contributed by atoms with E-state index in [1.165, 1.54) is 22.3 Å². The second-order valence-electron chi connectivity index (χ2n) is 10.9. The third-order valence-electron chi connectivity index (χ3n) is 7.47. The summed E-state index contributed by atoms with van der Waals surface area (Å²) >= 11 is 0. The Morgan fingerprint density at radius 3 is 1.93 bits per heavy atom. The van der Waals surface area contributed by atoms with Gasteiger partial charge in [-0.1, -0.05) is 86.6 Å². The monoisotopic (exact) mass is 598 g/mol. The molecule has 1 N–H and O–H groups in total. The summed E-state index contributed by atoms with van der Waals surface area (Å²) in [5.74, 6) is -5.45. The molecule has 0 radical (unpaired) electrons. The Kier molecular flexibility index (Phi) is 11.6. The molecule has 0 bridgehead atoms. The van der Waals surface area contributed by atoms with Crippen molar-refractivity contribution < 1.29 is 35.5 Å². The number of aromatic hydroxyl groups is 1. The van der Waals surface area contributed by atoms with E-state index in [4.69, 9.17) is 0 Å². The van der Waals surface area contributed by atoms with Crippen LogP contribution >= 0.6 is 0 Å². The van der Waals surface area contributed by atoms with E-state index in [-0.39, 0.29) is 11.5 Å². The summed E-state index contributed by atoms with van der Waals surface area (Å²) in [5, 5.41) is 12.1. The van der Waals surface area contributed by atoms with Crippen LogP contribution in [0.25, 0.3) is 21.9 Å². The highest BCUT2D eigenvalue weighted by atomic mass is 32.2. The molecule has 3 aromatic carbocycles. The normalized spacial score (nSPS) is 12.7. The van der Waals surface area contributed by atoms with E-state index < -0.39 is 40.5 Å². The largest absolute Gasteiger partial charge is 0.508 e. The molecule has 3 nitrogen and oxygen atoms in total. The first-order chi connectivity index (χ1) is 19.3. The minimum atomic E-state index is -5.65. The quantitative estimate of drug-likeness (QED) is 0.132. The van der Waals surface area contributed by atoms with Crippen LogP contribution in [0.15, 0.2) is 54.6 Å². The topological polar surface area (TPSA) is 54.4 Å². The van der Waals surface area contributed by atoms with Crippen LogP contribution in [-0.4, -0.2) is 37.1 Å². The molecule has 0 saturated heterocycles. The number of rotatable bonds is 16. The maximum Gasteiger partial charge on any atom is 0.453 e. The van der Waals surface area contributed by atoms with Crippen molar-refractivity contribution in [2.45, 2.75) is 89.7 Å². The van der Waals surface area contributed by atoms with Crippen molar-refractivity contribution in [3.8, 4) is 16.9 Å². The number of fused-ring (bicyclic) bond motifs is 1. The van der Waals surface area contributed by atoms with Gasteiger partial charge in [-0.15, -0.1) is 0 Å². The van der Waals surface area contributed by atoms with Gasteiger partial charge in [0.1, 0.15) is 15.6 Å². The molecule has 0 aliphatic rings. The zero-order valence-corrected chi connectivity index (χ0v) is 24.3. The highest BCUT2D eigenvalue weighted by molar-refractivity contribution is 7.91. The van der Waals surface area contributed by atoms with Gasteiger partial charge < -0.3 is 5.11 Å². The highest BCUT2D eigenvalue weighted by Crippen LogP contribution is 2.39. The van der Waals surface area contributed by atoms with Gasteiger partial charge >= 0.3 is 12.1 Å². The Morgan fingerprint density at radius 1 is 0.707 bits per heavy atom. The minimum absolute atomic E-state index is 0.184. The average molecular weight is 599 g/mol. The van der Waals surface area contributed by atoms with Crippen molar-refractivity contribution in [2.24, 2.45) is 0 Å². The molecule has 0 atom stereocenters. The van der Waals surface area contributed by atoms with Crippen LogP contribution in [0.1, 0.15) is 75.3 Å². The number of sulfone groups is 1. The van der Waals surface area contributed by atoms with Crippen LogP contribution < -0.4 is 0 Å². The molecule has 226 valence electrons. The first kappa shape index (κ1) is 32.8. The maximum absolute atomic E-state index is 12.9. The molecule has 3 aromatic rings. The lowest BCUT2D eigenvalue weighted by Gasteiger charge is -2.19. The first-order valence-corrected chi connectivity index (χ1v) is 16.1. The molecule has 0 heterocycles. The number of benzene rings is 3. The third-order valence-corrected chi connectivity index (χ3v) is 9.29. The highest BCUT2D eigenvalue weighted by Gasteiger charge is 2.56. The fourth-order valence-corrected chi connectivity index (χ4v) is 6.53. The van der Waals surface area contributed by atoms with Crippen molar-refractivity contribution >= 4 is 20.6 Å². The molecule has 0 spiro atoms. The van der Waals surface area contributed by atoms with Crippen molar-refractivity contribution in [2.75, 3.05) is 11.5 Å². The summed E-state index contributed by atoms with van der Waals surface area (Å²) in [6.45, 7) is 2.06. The van der Waals surface area contributed by atoms with Crippen LogP contribution in [0.4, 0.5) is 22.0 Å². The standard InChI is InChI=1S/C32H39F5O3S/c1-24-12-14-25(15-13-24)28-18-16-26-23-27(38)17-19-29(26)30(28)11-8-6-4-2-3-5-7-9-21-41(39,40)22-10-20-31(33,34)32(35,36)37/h12-19,23,38H,2-11,20-22H2,1H3. The zero-order valence-electron chi connectivity index (χ0n) is 23.5. The molecule has 3 rings (SSSR count). The smallest absolute Gasteiger partial charge is 0.453 e. The molecule has 0 aromatic heterocycles. The van der Waals surface area contributed by atoms with Crippen molar-refractivity contribution in [1.82, 2.24) is 0 Å². The van der Waals surface area contributed by atoms with Gasteiger partial charge in [0, 0.05) is 6.42 Å². The second-order valence-corrected chi connectivity index (χ2v) is 13.2. The molecule has 0 saturated carbocycles. The van der Waals surface area contributed by atoms with E-state index in [1.807, 2.05) is 12.1 Å². The number of aryl methyl sites for hydroxylation is 2. The zero-order chi connectivity index (χ0) is 30.1. The van der Waals surface area contributed by atoms with Crippen LogP contribution in [-0.2, 0) is 16.3 Å². The van der Waals surface area contributed by atoms with E-state index in [0.29, 0.717) is 12.8 Å². The first-order valence-electron chi connectivity index (χ1n) is 14.3. The molecular formula is C32H39F5O3S. The molecular weight excluding hydrogens is 559 g/mol. The van der Waals surface area contributed by atoms with E-state index in [9.17, 15) is 35.5 Å². The van der Waals surface area contributed by atoms with Crippen molar-refractivity contribution in [3.05, 3.63) is 65.7 Å². The van der Waals surface area contributed by atoms with Gasteiger partial charge in [0.05, 0.1) is 11.5 Å². The van der Waals surface area contributed by atoms with Gasteiger partial charge in [-0.05, 0) is 72.2 Å². The molecule has 0 aliphatic heterocycles. The van der Waals surface area contributed by atoms with E-state index in [1.54, 1.807) is 12.1 Å². The Morgan fingerprint density at radius 2 is 1.29 bits per heavy atom. The summed E-state index contributed by atoms with van der Waals surface area (Å²) in [6.07, 6.45) is 0.0761. The molecule has 41 heavy (non-hydrogen) atoms. The van der Waals surface area contributed by atoms with E-state index >= 15 is 0 Å². The van der Waals surface area contributed by atoms with Gasteiger partial charge in [-0.3, -0.25) is 0 Å². The van der Waals surface area contributed by atoms with Crippen LogP contribution in [0, 0.1) is 6.92 Å². The second kappa shape index (κ2) is 14.5. The lowest BCUT2D eigenvalue weighted by Crippen LogP contribution is -2.36. The number of hydrogen-bond acceptors (Lipinski definition) is 3. The lowest BCUT2D eigenvalue weighted by atomic mass is 9.90. The van der Waals surface area contributed by atoms with Gasteiger partial charge in [-0.25, -0.2) is 8.42 Å². The molecule has 0 fully saturated rings. The fourth-order valence-electron chi connectivity index (χ4n) is 5.10. The molecule has 0 amide bonds. The Labute approximate surface area is 239 Å². The van der Waals surface area contributed by atoms with E-state index in [2.05, 4.69) is 37.3 Å². The number of phenols is 1. The number of hydrogen-bond donors (Lipinski definition) is 1. The van der Waals surface area contributed by atoms with Gasteiger partial charge in [0.25, 0.3) is 0 Å². The minimum Gasteiger partial charge on any atom is -0.508 e. The van der Waals surface area contributed by atoms with E-state index in [0.717, 1.165) is 55.7 Å². The Balaban J connectivity index is 1.37. The third kappa shape index (κ3) is 9.97. The maximum atomic E-state index is 12.9. The molecule has 0 aliphatic carbocycles. The SMILES string of the molecule is Cc1ccc(-c2ccc3cc(O)ccc3c2CCCCCCCCCCS(=O)(=O)CCCC(F)(F)C(F)(F)F)cc1. The number of unbranched alkanes of at least 4 members (excludes halogenated alkanes) is 7. The number of halogens is 5.